The van der Waals surface area contributed by atoms with E-state index in [0.717, 1.165) is 83.3 Å². The molecule has 0 aliphatic heterocycles. The van der Waals surface area contributed by atoms with E-state index in [1.807, 2.05) is 96.0 Å². The Hall–Kier alpha value is -8.28. The van der Waals surface area contributed by atoms with Crippen LogP contribution in [0.1, 0.15) is 22.8 Å². The van der Waals surface area contributed by atoms with Crippen molar-refractivity contribution in [1.29, 1.82) is 0 Å². The maximum Gasteiger partial charge on any atom is 0.219 e. The number of rotatable bonds is 6. The first-order chi connectivity index (χ1) is 32.7. The third-order valence-electron chi connectivity index (χ3n) is 11.5. The summed E-state index contributed by atoms with van der Waals surface area (Å²) in [4.78, 5) is 8.19. The number of hydrogen-bond acceptors (Lipinski definition) is 6. The van der Waals surface area contributed by atoms with Crippen molar-refractivity contribution in [1.82, 2.24) is 38.7 Å². The van der Waals surface area contributed by atoms with Crippen LogP contribution in [-0.2, 0) is 0 Å². The van der Waals surface area contributed by atoms with E-state index in [2.05, 4.69) is 162 Å². The Morgan fingerprint density at radius 1 is 0.433 bits per heavy atom. The highest BCUT2D eigenvalue weighted by Crippen LogP contribution is 2.37. The van der Waals surface area contributed by atoms with Gasteiger partial charge in [-0.3, -0.25) is 0 Å². The second-order valence-corrected chi connectivity index (χ2v) is 17.0. The summed E-state index contributed by atoms with van der Waals surface area (Å²) in [5.41, 5.74) is 12.7. The number of phenols is 1. The number of benzene rings is 6. The molecule has 6 heterocycles. The number of aromatic hydroxyl groups is 1. The van der Waals surface area contributed by atoms with Crippen molar-refractivity contribution in [2.45, 2.75) is 27.7 Å². The highest BCUT2D eigenvalue weighted by molar-refractivity contribution is 9.10. The van der Waals surface area contributed by atoms with Gasteiger partial charge >= 0.3 is 0 Å². The van der Waals surface area contributed by atoms with Crippen LogP contribution in [-0.4, -0.2) is 43.8 Å². The summed E-state index contributed by atoms with van der Waals surface area (Å²) in [5, 5.41) is 24.0. The lowest BCUT2D eigenvalue weighted by Gasteiger charge is -2.12. The van der Waals surface area contributed by atoms with Gasteiger partial charge in [-0.05, 0) is 147 Å². The second kappa shape index (κ2) is 18.3. The summed E-state index contributed by atoms with van der Waals surface area (Å²) in [7, 11) is 0. The van der Waals surface area contributed by atoms with E-state index in [9.17, 15) is 5.11 Å². The fraction of sp³-hybridized carbons (Fsp3) is 0.0714. The predicted octanol–water partition coefficient (Wildman–Crippen LogP) is 13.9. The molecule has 0 saturated carbocycles. The van der Waals surface area contributed by atoms with Crippen LogP contribution in [0.15, 0.2) is 199 Å². The molecule has 1 N–H and O–H groups in total. The molecule has 0 spiro atoms. The van der Waals surface area contributed by atoms with E-state index in [0.29, 0.717) is 5.88 Å². The Morgan fingerprint density at radius 2 is 0.925 bits per heavy atom. The monoisotopic (exact) mass is 940 g/mol. The molecular formula is C56H45BrN8O2. The molecule has 0 bridgehead atoms. The van der Waals surface area contributed by atoms with Gasteiger partial charge in [0.25, 0.3) is 0 Å². The Morgan fingerprint density at radius 3 is 1.42 bits per heavy atom. The summed E-state index contributed by atoms with van der Waals surface area (Å²) >= 11 is 3.20. The zero-order valence-electron chi connectivity index (χ0n) is 37.3. The van der Waals surface area contributed by atoms with Gasteiger partial charge in [0.2, 0.25) is 5.88 Å². The number of nitrogens with zero attached hydrogens (tertiary/aromatic N) is 8. The van der Waals surface area contributed by atoms with Gasteiger partial charge in [-0.2, -0.15) is 10.2 Å². The molecule has 0 aliphatic carbocycles. The molecule has 0 aliphatic rings. The van der Waals surface area contributed by atoms with Crippen LogP contribution in [0, 0.1) is 27.7 Å². The number of aryl methyl sites for hydroxylation is 4. The molecule has 0 fully saturated rings. The lowest BCUT2D eigenvalue weighted by atomic mass is 10.1. The third kappa shape index (κ3) is 8.68. The van der Waals surface area contributed by atoms with Crippen molar-refractivity contribution in [3.8, 4) is 40.1 Å². The van der Waals surface area contributed by atoms with Crippen molar-refractivity contribution in [2.24, 2.45) is 0 Å². The van der Waals surface area contributed by atoms with Crippen molar-refractivity contribution < 1.29 is 9.84 Å². The van der Waals surface area contributed by atoms with Gasteiger partial charge in [0.05, 0.1) is 44.8 Å². The van der Waals surface area contributed by atoms with Gasteiger partial charge in [0, 0.05) is 74.9 Å². The molecule has 6 aromatic carbocycles. The number of halogens is 1. The molecular weight excluding hydrogens is 897 g/mol. The molecule has 0 unspecified atom stereocenters. The first kappa shape index (κ1) is 42.7. The molecule has 11 heteroatoms. The SMILES string of the molecule is Brc1ccccn1.Cc1cc(C)n(-c2cccc(-n3c4ccccc4c4ccc(O)cc43)c2)n1.Cc1cc(C)n(-c2cccc(-n3c4ccccc4c4ccc(Oc5ccccn5)cc43)c2)n1. The van der Waals surface area contributed by atoms with Crippen molar-refractivity contribution >= 4 is 59.5 Å². The van der Waals surface area contributed by atoms with Gasteiger partial charge in [0.1, 0.15) is 16.1 Å². The Labute approximate surface area is 395 Å². The summed E-state index contributed by atoms with van der Waals surface area (Å²) in [6.07, 6.45) is 3.47. The average Bonchev–Trinajstić information content (AvgIpc) is 4.08. The third-order valence-corrected chi connectivity index (χ3v) is 11.9. The lowest BCUT2D eigenvalue weighted by Crippen LogP contribution is -2.01. The van der Waals surface area contributed by atoms with E-state index in [1.165, 1.54) is 16.2 Å². The molecule has 67 heavy (non-hydrogen) atoms. The highest BCUT2D eigenvalue weighted by atomic mass is 79.9. The van der Waals surface area contributed by atoms with Gasteiger partial charge in [-0.25, -0.2) is 19.3 Å². The number of aromatic nitrogens is 8. The number of pyridine rings is 2. The fourth-order valence-corrected chi connectivity index (χ4v) is 8.98. The molecule has 0 amide bonds. The quantitative estimate of drug-likeness (QED) is 0.167. The molecule has 0 radical (unpaired) electrons. The summed E-state index contributed by atoms with van der Waals surface area (Å²) in [6.45, 7) is 8.16. The number of fused-ring (bicyclic) bond motifs is 6. The lowest BCUT2D eigenvalue weighted by molar-refractivity contribution is 0.463. The van der Waals surface area contributed by atoms with Crippen LogP contribution in [0.2, 0.25) is 0 Å². The zero-order valence-corrected chi connectivity index (χ0v) is 38.9. The van der Waals surface area contributed by atoms with E-state index in [-0.39, 0.29) is 5.75 Å². The minimum atomic E-state index is 0.265. The van der Waals surface area contributed by atoms with Crippen LogP contribution in [0.25, 0.3) is 66.4 Å². The summed E-state index contributed by atoms with van der Waals surface area (Å²) in [5.74, 6) is 1.59. The van der Waals surface area contributed by atoms with E-state index < -0.39 is 0 Å². The number of para-hydroxylation sites is 2. The van der Waals surface area contributed by atoms with Crippen molar-refractivity contribution in [3.05, 3.63) is 222 Å². The van der Waals surface area contributed by atoms with E-state index >= 15 is 0 Å². The maximum absolute atomic E-state index is 10.1. The molecule has 0 atom stereocenters. The topological polar surface area (TPSA) is 101 Å². The normalized spacial score (nSPS) is 11.1. The molecule has 12 rings (SSSR count). The van der Waals surface area contributed by atoms with Crippen LogP contribution in [0.4, 0.5) is 0 Å². The van der Waals surface area contributed by atoms with Gasteiger partial charge in [0.15, 0.2) is 0 Å². The minimum Gasteiger partial charge on any atom is -0.508 e. The number of hydrogen-bond donors (Lipinski definition) is 1. The Balaban J connectivity index is 0.000000139. The first-order valence-electron chi connectivity index (χ1n) is 21.9. The van der Waals surface area contributed by atoms with Crippen LogP contribution in [0.5, 0.6) is 17.4 Å². The summed E-state index contributed by atoms with van der Waals surface area (Å²) < 4.78 is 15.4. The number of ether oxygens (including phenoxy) is 1. The molecule has 12 aromatic rings. The zero-order chi connectivity index (χ0) is 46.0. The van der Waals surface area contributed by atoms with Gasteiger partial charge < -0.3 is 19.0 Å². The second-order valence-electron chi connectivity index (χ2n) is 16.2. The summed E-state index contributed by atoms with van der Waals surface area (Å²) in [6, 6.07) is 60.9. The van der Waals surface area contributed by atoms with Crippen LogP contribution >= 0.6 is 15.9 Å². The largest absolute Gasteiger partial charge is 0.508 e. The van der Waals surface area contributed by atoms with Crippen LogP contribution in [0.3, 0.4) is 0 Å². The molecule has 10 nitrogen and oxygen atoms in total. The molecule has 0 saturated heterocycles. The minimum absolute atomic E-state index is 0.265. The van der Waals surface area contributed by atoms with Crippen LogP contribution < -0.4 is 4.74 Å². The van der Waals surface area contributed by atoms with E-state index in [4.69, 9.17) is 4.74 Å². The first-order valence-corrected chi connectivity index (χ1v) is 22.7. The van der Waals surface area contributed by atoms with Gasteiger partial charge in [-0.1, -0.05) is 60.7 Å². The fourth-order valence-electron chi connectivity index (χ4n) is 8.71. The smallest absolute Gasteiger partial charge is 0.219 e. The molecule has 328 valence electrons. The predicted molar refractivity (Wildman–Crippen MR) is 273 cm³/mol. The number of phenolic OH excluding ortho intramolecular Hbond substituents is 1. The van der Waals surface area contributed by atoms with Gasteiger partial charge in [-0.15, -0.1) is 0 Å². The molecule has 6 aromatic heterocycles. The Bertz CT molecular complexity index is 3700. The highest BCUT2D eigenvalue weighted by Gasteiger charge is 2.16. The van der Waals surface area contributed by atoms with Crippen molar-refractivity contribution in [3.63, 3.8) is 0 Å². The standard InChI is InChI=1S/C28H22N4O.C23H19N3O.C5H4BrN/c1-19-16-20(2)32(30-19)22-9-7-8-21(17-22)31-26-11-4-3-10-24(26)25-14-13-23(18-27(25)31)33-28-12-5-6-15-29-28;1-15-12-16(2)26(24-15)18-7-5-6-17(13-18)25-22-9-4-3-8-20(22)21-11-10-19(27)14-23(21)25;6-5-3-1-2-4-7-5/h3-18H,1-2H3;3-14,27H,1-2H3;1-4H. The van der Waals surface area contributed by atoms with E-state index in [1.54, 1.807) is 18.5 Å². The Kier molecular flexibility index (Phi) is 11.7. The maximum atomic E-state index is 10.1. The average molecular weight is 942 g/mol. The van der Waals surface area contributed by atoms with Crippen molar-refractivity contribution in [2.75, 3.05) is 0 Å².